The highest BCUT2D eigenvalue weighted by molar-refractivity contribution is 5.96. The minimum Gasteiger partial charge on any atom is -0.390 e. The number of likely N-dealkylation sites (tertiary alicyclic amines) is 1. The Bertz CT molecular complexity index is 850. The molecule has 1 unspecified atom stereocenters. The molecule has 0 radical (unpaired) electrons. The fourth-order valence-electron chi connectivity index (χ4n) is 4.19. The van der Waals surface area contributed by atoms with E-state index in [1.54, 1.807) is 18.7 Å². The van der Waals surface area contributed by atoms with Crippen LogP contribution in [0.5, 0.6) is 0 Å². The number of carbonyl (C=O) groups excluding carboxylic acids is 1. The monoisotopic (exact) mass is 382 g/mol. The third-order valence-electron chi connectivity index (χ3n) is 5.79. The first-order valence-electron chi connectivity index (χ1n) is 9.78. The van der Waals surface area contributed by atoms with Crippen molar-refractivity contribution in [2.45, 2.75) is 51.2 Å². The average molecular weight is 382 g/mol. The van der Waals surface area contributed by atoms with Gasteiger partial charge in [0.05, 0.1) is 23.0 Å². The fraction of sp³-hybridized carbons (Fsp3) is 0.476. The van der Waals surface area contributed by atoms with E-state index in [-0.39, 0.29) is 11.9 Å². The average Bonchev–Trinajstić information content (AvgIpc) is 3.28. The predicted molar refractivity (Wildman–Crippen MR) is 106 cm³/mol. The molecule has 2 aliphatic heterocycles. The van der Waals surface area contributed by atoms with E-state index >= 15 is 0 Å². The number of para-hydroxylation sites is 1. The number of nitrogens with zero attached hydrogens (tertiary/aromatic N) is 4. The van der Waals surface area contributed by atoms with Crippen molar-refractivity contribution in [1.29, 1.82) is 0 Å². The van der Waals surface area contributed by atoms with Crippen LogP contribution in [0.1, 0.15) is 47.5 Å². The van der Waals surface area contributed by atoms with Crippen molar-refractivity contribution >= 4 is 17.8 Å². The molecule has 148 valence electrons. The molecule has 0 saturated carbocycles. The van der Waals surface area contributed by atoms with Crippen molar-refractivity contribution in [1.82, 2.24) is 10.1 Å². The van der Waals surface area contributed by atoms with Gasteiger partial charge in [0.15, 0.2) is 0 Å². The largest absolute Gasteiger partial charge is 0.390 e. The lowest BCUT2D eigenvalue weighted by Crippen LogP contribution is -2.49. The summed E-state index contributed by atoms with van der Waals surface area (Å²) in [6, 6.07) is 10.2. The van der Waals surface area contributed by atoms with Crippen molar-refractivity contribution in [3.63, 3.8) is 0 Å². The summed E-state index contributed by atoms with van der Waals surface area (Å²) >= 11 is 0. The molecule has 1 fully saturated rings. The topological polar surface area (TPSA) is 82.2 Å². The summed E-state index contributed by atoms with van der Waals surface area (Å²) in [5, 5.41) is 21.6. The molecule has 7 heteroatoms. The van der Waals surface area contributed by atoms with Gasteiger partial charge in [-0.3, -0.25) is 9.80 Å². The summed E-state index contributed by atoms with van der Waals surface area (Å²) in [5.41, 5.74) is 1.41. The van der Waals surface area contributed by atoms with E-state index in [9.17, 15) is 9.90 Å². The molecule has 4 rings (SSSR count). The van der Waals surface area contributed by atoms with E-state index in [1.807, 2.05) is 41.6 Å². The van der Waals surface area contributed by atoms with E-state index in [0.29, 0.717) is 49.4 Å². The molecule has 1 aromatic heterocycles. The molecular weight excluding hydrogens is 356 g/mol. The van der Waals surface area contributed by atoms with E-state index in [2.05, 4.69) is 10.3 Å². The molecule has 1 atom stereocenters. The molecule has 0 bridgehead atoms. The number of aromatic nitrogens is 1. The second-order valence-electron chi connectivity index (χ2n) is 7.79. The molecule has 2 aromatic rings. The molecule has 7 nitrogen and oxygen atoms in total. The Morgan fingerprint density at radius 2 is 1.96 bits per heavy atom. The SMILES string of the molecule is Cc1noc(C)c1C(=O)N1CCC(O)(CC2CC=NN2c2ccccc2)CC1. The molecule has 28 heavy (non-hydrogen) atoms. The van der Waals surface area contributed by atoms with Crippen LogP contribution in [0.25, 0.3) is 0 Å². The quantitative estimate of drug-likeness (QED) is 0.879. The van der Waals surface area contributed by atoms with Crippen molar-refractivity contribution in [2.75, 3.05) is 18.1 Å². The number of amides is 1. The molecule has 0 spiro atoms. The number of aryl methyl sites for hydroxylation is 2. The Hall–Kier alpha value is -2.67. The van der Waals surface area contributed by atoms with Crippen LogP contribution in [0.15, 0.2) is 40.0 Å². The number of hydrazone groups is 1. The number of benzene rings is 1. The lowest BCUT2D eigenvalue weighted by Gasteiger charge is -2.40. The minimum atomic E-state index is -0.791. The van der Waals surface area contributed by atoms with Gasteiger partial charge in [-0.05, 0) is 45.2 Å². The molecule has 1 saturated heterocycles. The Morgan fingerprint density at radius 3 is 2.61 bits per heavy atom. The summed E-state index contributed by atoms with van der Waals surface area (Å²) in [6.45, 7) is 4.59. The molecule has 1 N–H and O–H groups in total. The number of aliphatic hydroxyl groups is 1. The van der Waals surface area contributed by atoms with E-state index in [4.69, 9.17) is 4.52 Å². The minimum absolute atomic E-state index is 0.0617. The van der Waals surface area contributed by atoms with Crippen LogP contribution < -0.4 is 5.01 Å². The van der Waals surface area contributed by atoms with Crippen LogP contribution in [0, 0.1) is 13.8 Å². The summed E-state index contributed by atoms with van der Waals surface area (Å²) in [6.07, 6.45) is 4.48. The maximum Gasteiger partial charge on any atom is 0.259 e. The lowest BCUT2D eigenvalue weighted by atomic mass is 9.84. The maximum absolute atomic E-state index is 12.8. The standard InChI is InChI=1S/C21H26N4O3/c1-15-19(16(2)28-23-15)20(26)24-12-9-21(27,10-13-24)14-18-8-11-22-25(18)17-6-4-3-5-7-17/h3-7,11,18,27H,8-10,12-14H2,1-2H3. The molecule has 3 heterocycles. The molecular formula is C21H26N4O3. The van der Waals surface area contributed by atoms with Crippen LogP contribution >= 0.6 is 0 Å². The van der Waals surface area contributed by atoms with Crippen LogP contribution in [-0.4, -0.2) is 52.0 Å². The number of carbonyl (C=O) groups is 1. The number of anilines is 1. The van der Waals surface area contributed by atoms with Gasteiger partial charge in [0.2, 0.25) is 0 Å². The van der Waals surface area contributed by atoms with Crippen LogP contribution in [0.3, 0.4) is 0 Å². The van der Waals surface area contributed by atoms with Gasteiger partial charge < -0.3 is 14.5 Å². The van der Waals surface area contributed by atoms with Crippen molar-refractivity contribution in [2.24, 2.45) is 5.10 Å². The third-order valence-corrected chi connectivity index (χ3v) is 5.79. The summed E-state index contributed by atoms with van der Waals surface area (Å²) < 4.78 is 5.12. The van der Waals surface area contributed by atoms with Gasteiger partial charge in [0.25, 0.3) is 5.91 Å². The number of hydrogen-bond acceptors (Lipinski definition) is 6. The molecule has 2 aliphatic rings. The Labute approximate surface area is 164 Å². The third kappa shape index (κ3) is 3.54. The van der Waals surface area contributed by atoms with E-state index < -0.39 is 5.60 Å². The normalized spacial score (nSPS) is 21.3. The van der Waals surface area contributed by atoms with Gasteiger partial charge in [0, 0.05) is 25.7 Å². The van der Waals surface area contributed by atoms with Crippen LogP contribution in [0.4, 0.5) is 5.69 Å². The van der Waals surface area contributed by atoms with Crippen molar-refractivity contribution in [3.8, 4) is 0 Å². The summed E-state index contributed by atoms with van der Waals surface area (Å²) in [5.74, 6) is 0.485. The second kappa shape index (κ2) is 7.39. The molecule has 1 amide bonds. The fourth-order valence-corrected chi connectivity index (χ4v) is 4.19. The Kier molecular flexibility index (Phi) is 4.93. The predicted octanol–water partition coefficient (Wildman–Crippen LogP) is 2.91. The number of rotatable bonds is 4. The van der Waals surface area contributed by atoms with Gasteiger partial charge in [-0.25, -0.2) is 0 Å². The highest BCUT2D eigenvalue weighted by Gasteiger charge is 2.39. The first kappa shape index (κ1) is 18.7. The van der Waals surface area contributed by atoms with Gasteiger partial charge in [-0.1, -0.05) is 23.4 Å². The first-order chi connectivity index (χ1) is 13.5. The highest BCUT2D eigenvalue weighted by Crippen LogP contribution is 2.33. The van der Waals surface area contributed by atoms with Crippen molar-refractivity contribution in [3.05, 3.63) is 47.3 Å². The highest BCUT2D eigenvalue weighted by atomic mass is 16.5. The van der Waals surface area contributed by atoms with Crippen LogP contribution in [0.2, 0.25) is 0 Å². The zero-order valence-corrected chi connectivity index (χ0v) is 16.3. The summed E-state index contributed by atoms with van der Waals surface area (Å²) in [4.78, 5) is 14.6. The summed E-state index contributed by atoms with van der Waals surface area (Å²) in [7, 11) is 0. The number of piperidine rings is 1. The van der Waals surface area contributed by atoms with E-state index in [1.165, 1.54) is 0 Å². The Morgan fingerprint density at radius 1 is 1.25 bits per heavy atom. The zero-order chi connectivity index (χ0) is 19.7. The number of hydrogen-bond donors (Lipinski definition) is 1. The van der Waals surface area contributed by atoms with E-state index in [0.717, 1.165) is 12.1 Å². The van der Waals surface area contributed by atoms with Crippen molar-refractivity contribution < 1.29 is 14.4 Å². The van der Waals surface area contributed by atoms with Crippen LogP contribution in [-0.2, 0) is 0 Å². The lowest BCUT2D eigenvalue weighted by molar-refractivity contribution is -0.0269. The zero-order valence-electron chi connectivity index (χ0n) is 16.3. The van der Waals surface area contributed by atoms with Gasteiger partial charge in [-0.2, -0.15) is 5.10 Å². The van der Waals surface area contributed by atoms with Gasteiger partial charge in [-0.15, -0.1) is 0 Å². The Balaban J connectivity index is 1.39. The van der Waals surface area contributed by atoms with Gasteiger partial charge in [0.1, 0.15) is 11.3 Å². The molecule has 0 aliphatic carbocycles. The smallest absolute Gasteiger partial charge is 0.259 e. The second-order valence-corrected chi connectivity index (χ2v) is 7.79. The maximum atomic E-state index is 12.8. The van der Waals surface area contributed by atoms with Gasteiger partial charge >= 0.3 is 0 Å². The molecule has 1 aromatic carbocycles. The first-order valence-corrected chi connectivity index (χ1v) is 9.78.